The number of halogens is 1. The number of benzene rings is 1. The van der Waals surface area contributed by atoms with Gasteiger partial charge < -0.3 is 10.2 Å². The van der Waals surface area contributed by atoms with Crippen molar-refractivity contribution in [2.75, 3.05) is 13.2 Å². The normalized spacial score (nSPS) is 29.9. The Hall–Kier alpha value is -1.45. The van der Waals surface area contributed by atoms with E-state index in [2.05, 4.69) is 6.58 Å². The monoisotopic (exact) mass is 276 g/mol. The van der Waals surface area contributed by atoms with Crippen LogP contribution in [0.5, 0.6) is 0 Å². The molecule has 2 rings (SSSR count). The molecule has 0 unspecified atom stereocenters. The molecule has 0 saturated heterocycles. The number of allylic oxidation sites excluding steroid dienone is 2. The largest absolute Gasteiger partial charge is 0.396 e. The van der Waals surface area contributed by atoms with Crippen LogP contribution < -0.4 is 0 Å². The predicted octanol–water partition coefficient (Wildman–Crippen LogP) is 2.88. The van der Waals surface area contributed by atoms with Crippen LogP contribution in [0, 0.1) is 29.5 Å². The van der Waals surface area contributed by atoms with Crippen LogP contribution in [0.4, 0.5) is 4.39 Å². The second-order valence-corrected chi connectivity index (χ2v) is 5.41. The van der Waals surface area contributed by atoms with Crippen LogP contribution in [0.3, 0.4) is 0 Å². The van der Waals surface area contributed by atoms with Gasteiger partial charge in [-0.2, -0.15) is 0 Å². The topological polar surface area (TPSA) is 40.5 Å². The molecule has 0 heterocycles. The van der Waals surface area contributed by atoms with Gasteiger partial charge in [0.05, 0.1) is 0 Å². The molecule has 108 valence electrons. The van der Waals surface area contributed by atoms with Gasteiger partial charge in [-0.15, -0.1) is 6.58 Å². The lowest BCUT2D eigenvalue weighted by atomic mass is 9.88. The highest BCUT2D eigenvalue weighted by atomic mass is 19.1. The van der Waals surface area contributed by atoms with Crippen LogP contribution in [0.2, 0.25) is 0 Å². The summed E-state index contributed by atoms with van der Waals surface area (Å²) < 4.78 is 13.1. The van der Waals surface area contributed by atoms with E-state index in [9.17, 15) is 14.6 Å². The van der Waals surface area contributed by atoms with Crippen molar-refractivity contribution in [2.24, 2.45) is 23.7 Å². The van der Waals surface area contributed by atoms with Gasteiger partial charge in [-0.1, -0.05) is 30.4 Å². The van der Waals surface area contributed by atoms with Crippen LogP contribution in [-0.4, -0.2) is 23.4 Å². The van der Waals surface area contributed by atoms with Crippen molar-refractivity contribution >= 4 is 6.08 Å². The maximum atomic E-state index is 13.1. The molecule has 3 heteroatoms. The Balaban J connectivity index is 2.13. The number of rotatable bonds is 5. The number of hydrogen-bond donors (Lipinski definition) is 2. The lowest BCUT2D eigenvalue weighted by molar-refractivity contribution is 0.118. The standard InChI is InChI=1S/C17H21FO2/c1-2-13-9-14(17(11-20)16(13)10-19)7-6-12-4-3-5-15(18)8-12/h2-8,13-14,16-17,19-20H,1,9-11H2/b7-6-/t13-,14+,16+,17-/m1/s1. The fourth-order valence-corrected chi connectivity index (χ4v) is 3.18. The molecule has 0 radical (unpaired) electrons. The van der Waals surface area contributed by atoms with Gasteiger partial charge >= 0.3 is 0 Å². The third-order valence-corrected chi connectivity index (χ3v) is 4.30. The Bertz CT molecular complexity index is 484. The number of aliphatic hydroxyl groups excluding tert-OH is 2. The first kappa shape index (κ1) is 14.9. The third kappa shape index (κ3) is 3.17. The fraction of sp³-hybridized carbons (Fsp3) is 0.412. The summed E-state index contributed by atoms with van der Waals surface area (Å²) in [5.41, 5.74) is 0.810. The van der Waals surface area contributed by atoms with Gasteiger partial charge in [-0.3, -0.25) is 0 Å². The Morgan fingerprint density at radius 1 is 1.20 bits per heavy atom. The van der Waals surface area contributed by atoms with Crippen molar-refractivity contribution in [3.63, 3.8) is 0 Å². The van der Waals surface area contributed by atoms with E-state index >= 15 is 0 Å². The summed E-state index contributed by atoms with van der Waals surface area (Å²) in [7, 11) is 0. The summed E-state index contributed by atoms with van der Waals surface area (Å²) in [6.07, 6.45) is 6.63. The van der Waals surface area contributed by atoms with Crippen LogP contribution >= 0.6 is 0 Å². The van der Waals surface area contributed by atoms with Crippen LogP contribution in [0.1, 0.15) is 12.0 Å². The summed E-state index contributed by atoms with van der Waals surface area (Å²) >= 11 is 0. The van der Waals surface area contributed by atoms with Crippen molar-refractivity contribution in [1.82, 2.24) is 0 Å². The smallest absolute Gasteiger partial charge is 0.123 e. The minimum Gasteiger partial charge on any atom is -0.396 e. The van der Waals surface area contributed by atoms with Gasteiger partial charge in [0.25, 0.3) is 0 Å². The zero-order chi connectivity index (χ0) is 14.5. The quantitative estimate of drug-likeness (QED) is 0.812. The minimum absolute atomic E-state index is 0.0350. The van der Waals surface area contributed by atoms with Gasteiger partial charge in [0.1, 0.15) is 5.82 Å². The molecule has 0 bridgehead atoms. The molecule has 20 heavy (non-hydrogen) atoms. The molecule has 0 spiro atoms. The van der Waals surface area contributed by atoms with Gasteiger partial charge in [0.15, 0.2) is 0 Å². The lowest BCUT2D eigenvalue weighted by Gasteiger charge is -2.20. The summed E-state index contributed by atoms with van der Waals surface area (Å²) in [6.45, 7) is 3.92. The summed E-state index contributed by atoms with van der Waals surface area (Å²) in [4.78, 5) is 0. The summed E-state index contributed by atoms with van der Waals surface area (Å²) in [5.74, 6) is 0.240. The molecule has 1 aliphatic carbocycles. The first-order valence-corrected chi connectivity index (χ1v) is 6.97. The molecule has 1 aromatic rings. The second kappa shape index (κ2) is 6.82. The molecule has 1 aromatic carbocycles. The van der Waals surface area contributed by atoms with Crippen molar-refractivity contribution in [2.45, 2.75) is 6.42 Å². The summed E-state index contributed by atoms with van der Waals surface area (Å²) in [6, 6.07) is 6.42. The van der Waals surface area contributed by atoms with Gasteiger partial charge in [0, 0.05) is 13.2 Å². The Kier molecular flexibility index (Phi) is 5.10. The molecule has 0 aliphatic heterocycles. The number of hydrogen-bond acceptors (Lipinski definition) is 2. The van der Waals surface area contributed by atoms with E-state index in [0.29, 0.717) is 0 Å². The van der Waals surface area contributed by atoms with E-state index in [1.54, 1.807) is 6.07 Å². The zero-order valence-corrected chi connectivity index (χ0v) is 11.5. The van der Waals surface area contributed by atoms with Gasteiger partial charge in [0.2, 0.25) is 0 Å². The fourth-order valence-electron chi connectivity index (χ4n) is 3.18. The van der Waals surface area contributed by atoms with Gasteiger partial charge in [-0.05, 0) is 47.8 Å². The van der Waals surface area contributed by atoms with Crippen LogP contribution in [0.15, 0.2) is 43.0 Å². The second-order valence-electron chi connectivity index (χ2n) is 5.41. The molecule has 4 atom stereocenters. The lowest BCUT2D eigenvalue weighted by Crippen LogP contribution is -2.23. The van der Waals surface area contributed by atoms with Gasteiger partial charge in [-0.25, -0.2) is 4.39 Å². The first-order chi connectivity index (χ1) is 9.69. The van der Waals surface area contributed by atoms with E-state index in [4.69, 9.17) is 0 Å². The SMILES string of the molecule is C=C[C@@H]1C[C@H](/C=C\c2cccc(F)c2)[C@@H](CO)[C@H]1CO. The van der Waals surface area contributed by atoms with E-state index < -0.39 is 0 Å². The highest BCUT2D eigenvalue weighted by Crippen LogP contribution is 2.42. The molecular weight excluding hydrogens is 255 g/mol. The zero-order valence-electron chi connectivity index (χ0n) is 11.5. The average molecular weight is 276 g/mol. The number of aliphatic hydroxyl groups is 2. The summed E-state index contributed by atoms with van der Waals surface area (Å²) in [5, 5.41) is 19.0. The van der Waals surface area contributed by atoms with E-state index in [-0.39, 0.29) is 42.7 Å². The molecule has 2 nitrogen and oxygen atoms in total. The minimum atomic E-state index is -0.255. The Morgan fingerprint density at radius 3 is 2.50 bits per heavy atom. The molecule has 1 saturated carbocycles. The van der Waals surface area contributed by atoms with Crippen LogP contribution in [0.25, 0.3) is 6.08 Å². The third-order valence-electron chi connectivity index (χ3n) is 4.30. The first-order valence-electron chi connectivity index (χ1n) is 6.97. The highest BCUT2D eigenvalue weighted by molar-refractivity contribution is 5.49. The van der Waals surface area contributed by atoms with E-state index in [0.717, 1.165) is 12.0 Å². The molecule has 0 aromatic heterocycles. The van der Waals surface area contributed by atoms with Crippen LogP contribution in [-0.2, 0) is 0 Å². The van der Waals surface area contributed by atoms with Crippen molar-refractivity contribution < 1.29 is 14.6 Å². The molecule has 1 aliphatic rings. The molecule has 0 amide bonds. The van der Waals surface area contributed by atoms with Crippen molar-refractivity contribution in [3.05, 3.63) is 54.4 Å². The molecule has 1 fully saturated rings. The Morgan fingerprint density at radius 2 is 1.90 bits per heavy atom. The maximum absolute atomic E-state index is 13.1. The predicted molar refractivity (Wildman–Crippen MR) is 78.4 cm³/mol. The average Bonchev–Trinajstić information content (AvgIpc) is 2.81. The van der Waals surface area contributed by atoms with E-state index in [1.807, 2.05) is 24.3 Å². The van der Waals surface area contributed by atoms with E-state index in [1.165, 1.54) is 12.1 Å². The van der Waals surface area contributed by atoms with Crippen molar-refractivity contribution in [3.8, 4) is 0 Å². The molecular formula is C17H21FO2. The molecule has 2 N–H and O–H groups in total. The Labute approximate surface area is 119 Å². The highest BCUT2D eigenvalue weighted by Gasteiger charge is 2.39. The van der Waals surface area contributed by atoms with Crippen molar-refractivity contribution in [1.29, 1.82) is 0 Å². The maximum Gasteiger partial charge on any atom is 0.123 e.